The Morgan fingerprint density at radius 2 is 2.07 bits per heavy atom. The van der Waals surface area contributed by atoms with Gasteiger partial charge in [0, 0.05) is 15.5 Å². The predicted molar refractivity (Wildman–Crippen MR) is 62.0 cm³/mol. The first-order chi connectivity index (χ1) is 7.09. The number of nitrogens with two attached hydrogens (primary N) is 2. The molecule has 0 aliphatic heterocycles. The fourth-order valence-electron chi connectivity index (χ4n) is 0.950. The van der Waals surface area contributed by atoms with Crippen molar-refractivity contribution in [3.8, 4) is 11.5 Å². The van der Waals surface area contributed by atoms with Gasteiger partial charge in [0.1, 0.15) is 0 Å². The van der Waals surface area contributed by atoms with Crippen LogP contribution in [-0.2, 0) is 6.42 Å². The highest BCUT2D eigenvalue weighted by atomic mass is 16.3. The lowest BCUT2D eigenvalue weighted by Crippen LogP contribution is -2.21. The molecule has 0 aromatic heterocycles. The molecule has 0 aliphatic rings. The minimum absolute atomic E-state index is 0. The van der Waals surface area contributed by atoms with Gasteiger partial charge in [0.15, 0.2) is 11.5 Å². The molecule has 1 rings (SSSR count). The molecule has 6 heteroatoms. The fraction of sp³-hybridized carbons (Fsp3) is 0.111. The third-order valence-electron chi connectivity index (χ3n) is 1.62. The molecule has 0 radical (unpaired) electrons. The van der Waals surface area contributed by atoms with Crippen LogP contribution in [0.5, 0.6) is 11.5 Å². The molecule has 1 aromatic carbocycles. The van der Waals surface area contributed by atoms with Gasteiger partial charge in [0.05, 0.1) is 0 Å². The number of hydrogen-bond acceptors (Lipinski definition) is 4. The molecule has 0 bridgehead atoms. The highest BCUT2D eigenvalue weighted by molar-refractivity contribution is 5.76. The summed E-state index contributed by atoms with van der Waals surface area (Å²) in [6.07, 6.45) is 1.95. The number of aromatic hydroxyl groups is 2. The number of rotatable bonds is 3. The lowest BCUT2D eigenvalue weighted by atomic mass is 10.1. The minimum atomic E-state index is -0.164. The number of phenols is 2. The summed E-state index contributed by atoms with van der Waals surface area (Å²) in [6.45, 7) is 0. The first-order valence-corrected chi connectivity index (χ1v) is 4.21. The highest BCUT2D eigenvalue weighted by Gasteiger charge is 1.98. The van der Waals surface area contributed by atoms with E-state index in [4.69, 9.17) is 16.6 Å². The first-order valence-electron chi connectivity index (χ1n) is 4.21. The van der Waals surface area contributed by atoms with Crippen LogP contribution in [0, 0.1) is 0 Å². The summed E-state index contributed by atoms with van der Waals surface area (Å²) in [5.41, 5.74) is 10.9. The lowest BCUT2D eigenvalue weighted by molar-refractivity contribution is 0.403. The molecule has 6 nitrogen and oxygen atoms in total. The van der Waals surface area contributed by atoms with Gasteiger partial charge in [-0.3, -0.25) is 0 Å². The van der Waals surface area contributed by atoms with E-state index in [9.17, 15) is 5.11 Å². The van der Waals surface area contributed by atoms with Crippen LogP contribution in [0.3, 0.4) is 0 Å². The fourth-order valence-corrected chi connectivity index (χ4v) is 0.950. The number of guanidine groups is 1. The Morgan fingerprint density at radius 3 is 2.67 bits per heavy atom. The van der Waals surface area contributed by atoms with E-state index in [1.54, 1.807) is 6.07 Å². The molecule has 0 atom stereocenters. The van der Waals surface area contributed by atoms with Gasteiger partial charge in [-0.05, 0) is 17.7 Å². The Hall–Kier alpha value is -2.24. The summed E-state index contributed by atoms with van der Waals surface area (Å²) < 4.78 is 0. The molecule has 0 heterocycles. The smallest absolute Gasteiger partial charge is 0.211 e. The second kappa shape index (κ2) is 4.85. The molecule has 0 aliphatic carbocycles. The van der Waals surface area contributed by atoms with Crippen molar-refractivity contribution in [2.45, 2.75) is 6.42 Å². The van der Waals surface area contributed by atoms with Crippen LogP contribution < -0.4 is 11.5 Å². The molecule has 15 heavy (non-hydrogen) atoms. The van der Waals surface area contributed by atoms with E-state index in [-0.39, 0.29) is 20.3 Å². The molecule has 0 fully saturated rings. The average molecular weight is 212 g/mol. The topological polar surface area (TPSA) is 117 Å². The largest absolute Gasteiger partial charge is 0.504 e. The zero-order chi connectivity index (χ0) is 11.3. The number of nitrogens with zero attached hydrogens (tertiary/aromatic N) is 2. The van der Waals surface area contributed by atoms with E-state index in [0.717, 1.165) is 5.56 Å². The standard InChI is InChI=1S/C9H12N4O2.2H2/c10-9(11)13-12-4-3-6-1-2-7(14)8(15)5-6;;/h1-2,4-5,14-15H,3H2,(H4,10,11,13);2*1H. The molecule has 0 spiro atoms. The zero-order valence-corrected chi connectivity index (χ0v) is 7.96. The van der Waals surface area contributed by atoms with E-state index in [1.807, 2.05) is 0 Å². The summed E-state index contributed by atoms with van der Waals surface area (Å²) in [4.78, 5) is 0. The molecule has 1 aromatic rings. The second-order valence-electron chi connectivity index (χ2n) is 2.85. The van der Waals surface area contributed by atoms with Gasteiger partial charge in [-0.2, -0.15) is 5.10 Å². The van der Waals surface area contributed by atoms with Crippen molar-refractivity contribution in [1.82, 2.24) is 0 Å². The van der Waals surface area contributed by atoms with Crippen LogP contribution in [0.25, 0.3) is 0 Å². The molecule has 6 N–H and O–H groups in total. The Kier molecular flexibility index (Phi) is 3.50. The van der Waals surface area contributed by atoms with Crippen LogP contribution in [0.2, 0.25) is 0 Å². The van der Waals surface area contributed by atoms with Crippen LogP contribution in [-0.4, -0.2) is 22.4 Å². The van der Waals surface area contributed by atoms with Crippen molar-refractivity contribution < 1.29 is 13.1 Å². The van der Waals surface area contributed by atoms with Crippen LogP contribution in [0.4, 0.5) is 0 Å². The van der Waals surface area contributed by atoms with E-state index in [1.165, 1.54) is 18.3 Å². The maximum Gasteiger partial charge on any atom is 0.211 e. The molecular weight excluding hydrogens is 196 g/mol. The van der Waals surface area contributed by atoms with Crippen LogP contribution in [0.15, 0.2) is 28.4 Å². The van der Waals surface area contributed by atoms with Crippen molar-refractivity contribution in [2.75, 3.05) is 0 Å². The zero-order valence-electron chi connectivity index (χ0n) is 7.96. The monoisotopic (exact) mass is 212 g/mol. The third-order valence-corrected chi connectivity index (χ3v) is 1.62. The number of hydrogen-bond donors (Lipinski definition) is 4. The minimum Gasteiger partial charge on any atom is -0.504 e. The second-order valence-corrected chi connectivity index (χ2v) is 2.85. The average Bonchev–Trinajstić information content (AvgIpc) is 2.18. The van der Waals surface area contributed by atoms with E-state index in [0.29, 0.717) is 6.42 Å². The van der Waals surface area contributed by atoms with Crippen molar-refractivity contribution in [1.29, 1.82) is 0 Å². The van der Waals surface area contributed by atoms with E-state index < -0.39 is 0 Å². The maximum absolute atomic E-state index is 9.18. The molecular formula is C9H16N4O2. The van der Waals surface area contributed by atoms with E-state index >= 15 is 0 Å². The SMILES string of the molecule is NC(N)=NN=CCc1ccc(O)c(O)c1.[HH].[HH]. The molecule has 0 saturated heterocycles. The maximum atomic E-state index is 9.18. The lowest BCUT2D eigenvalue weighted by Gasteiger charge is -1.99. The highest BCUT2D eigenvalue weighted by Crippen LogP contribution is 2.24. The molecule has 0 saturated carbocycles. The molecule has 84 valence electrons. The van der Waals surface area contributed by atoms with Crippen molar-refractivity contribution >= 4 is 12.2 Å². The normalized spacial score (nSPS) is 10.4. The van der Waals surface area contributed by atoms with E-state index in [2.05, 4.69) is 10.2 Å². The van der Waals surface area contributed by atoms with Gasteiger partial charge in [0.25, 0.3) is 0 Å². The van der Waals surface area contributed by atoms with Crippen molar-refractivity contribution in [3.05, 3.63) is 23.8 Å². The summed E-state index contributed by atoms with van der Waals surface area (Å²) in [7, 11) is 0. The third kappa shape index (κ3) is 3.55. The Balaban J connectivity index is 0. The van der Waals surface area contributed by atoms with Gasteiger partial charge in [-0.1, -0.05) is 6.07 Å². The number of benzene rings is 1. The summed E-state index contributed by atoms with van der Waals surface area (Å²) in [6, 6.07) is 4.51. The van der Waals surface area contributed by atoms with Crippen molar-refractivity contribution in [3.63, 3.8) is 0 Å². The molecule has 0 amide bonds. The predicted octanol–water partition coefficient (Wildman–Crippen LogP) is 0.391. The Labute approximate surface area is 89.5 Å². The first kappa shape index (κ1) is 10.8. The summed E-state index contributed by atoms with van der Waals surface area (Å²) in [5, 5.41) is 25.2. The van der Waals surface area contributed by atoms with Crippen LogP contribution in [0.1, 0.15) is 8.42 Å². The van der Waals surface area contributed by atoms with Gasteiger partial charge >= 0.3 is 0 Å². The van der Waals surface area contributed by atoms with Crippen molar-refractivity contribution in [2.24, 2.45) is 21.7 Å². The Bertz CT molecular complexity index is 406. The Morgan fingerprint density at radius 1 is 1.33 bits per heavy atom. The van der Waals surface area contributed by atoms with Gasteiger partial charge < -0.3 is 21.7 Å². The molecule has 0 unspecified atom stereocenters. The van der Waals surface area contributed by atoms with Gasteiger partial charge in [-0.15, -0.1) is 5.10 Å². The van der Waals surface area contributed by atoms with Crippen LogP contribution >= 0.6 is 0 Å². The quantitative estimate of drug-likeness (QED) is 0.251. The summed E-state index contributed by atoms with van der Waals surface area (Å²) in [5.74, 6) is -0.428. The summed E-state index contributed by atoms with van der Waals surface area (Å²) >= 11 is 0. The number of phenolic OH excluding ortho intramolecular Hbond substituents is 2. The van der Waals surface area contributed by atoms with Gasteiger partial charge in [-0.25, -0.2) is 0 Å². The van der Waals surface area contributed by atoms with Gasteiger partial charge in [0.2, 0.25) is 5.96 Å².